The van der Waals surface area contributed by atoms with Crippen molar-refractivity contribution in [2.24, 2.45) is 5.92 Å². The van der Waals surface area contributed by atoms with Crippen molar-refractivity contribution in [2.45, 2.75) is 62.3 Å². The maximum absolute atomic E-state index is 13.7. The molecule has 184 valence electrons. The average Bonchev–Trinajstić information content (AvgIpc) is 3.18. The average molecular weight is 497 g/mol. The van der Waals surface area contributed by atoms with Crippen molar-refractivity contribution in [1.29, 1.82) is 0 Å². The highest BCUT2D eigenvalue weighted by atomic mass is 32.2. The van der Waals surface area contributed by atoms with E-state index in [-0.39, 0.29) is 26.8 Å². The van der Waals surface area contributed by atoms with Gasteiger partial charge in [-0.3, -0.25) is 4.79 Å². The number of hydrogen-bond acceptors (Lipinski definition) is 4. The Morgan fingerprint density at radius 3 is 2.37 bits per heavy atom. The molecule has 0 unspecified atom stereocenters. The number of sulfone groups is 1. The Labute approximate surface area is 205 Å². The Bertz CT molecular complexity index is 1440. The summed E-state index contributed by atoms with van der Waals surface area (Å²) >= 11 is 0. The van der Waals surface area contributed by atoms with Gasteiger partial charge in [-0.15, -0.1) is 0 Å². The van der Waals surface area contributed by atoms with E-state index in [4.69, 9.17) is 11.6 Å². The second-order valence-corrected chi connectivity index (χ2v) is 12.1. The molecule has 1 aromatic heterocycles. The van der Waals surface area contributed by atoms with Gasteiger partial charge in [-0.05, 0) is 55.2 Å². The summed E-state index contributed by atoms with van der Waals surface area (Å²) in [6.45, 7) is 17.1. The van der Waals surface area contributed by atoms with Crippen LogP contribution in [0.2, 0.25) is 0 Å². The van der Waals surface area contributed by atoms with Crippen LogP contribution in [0, 0.1) is 18.3 Å². The second kappa shape index (κ2) is 9.08. The van der Waals surface area contributed by atoms with Crippen LogP contribution < -0.4 is 0 Å². The van der Waals surface area contributed by atoms with Gasteiger partial charge in [0.05, 0.1) is 27.4 Å². The molecule has 35 heavy (non-hydrogen) atoms. The van der Waals surface area contributed by atoms with Crippen LogP contribution in [-0.4, -0.2) is 41.9 Å². The molecule has 7 nitrogen and oxygen atoms in total. The molecule has 0 atom stereocenters. The molecule has 3 aromatic rings. The molecule has 1 fully saturated rings. The molecule has 1 aliphatic heterocycles. The lowest BCUT2D eigenvalue weighted by Gasteiger charge is -2.32. The van der Waals surface area contributed by atoms with Crippen molar-refractivity contribution in [3.63, 3.8) is 0 Å². The zero-order chi connectivity index (χ0) is 25.5. The van der Waals surface area contributed by atoms with Crippen LogP contribution in [0.4, 0.5) is 10.1 Å². The van der Waals surface area contributed by atoms with Gasteiger partial charge in [0.2, 0.25) is 21.4 Å². The van der Waals surface area contributed by atoms with Gasteiger partial charge in [0.15, 0.2) is 0 Å². The van der Waals surface area contributed by atoms with Crippen LogP contribution in [0.1, 0.15) is 46.4 Å². The van der Waals surface area contributed by atoms with E-state index in [1.54, 1.807) is 25.1 Å². The van der Waals surface area contributed by atoms with Gasteiger partial charge in [-0.25, -0.2) is 22.6 Å². The molecular formula is C26H29FN4O3S. The highest BCUT2D eigenvalue weighted by molar-refractivity contribution is 7.91. The molecular weight excluding hydrogens is 467 g/mol. The summed E-state index contributed by atoms with van der Waals surface area (Å²) in [4.78, 5) is 21.4. The molecule has 2 heterocycles. The van der Waals surface area contributed by atoms with Gasteiger partial charge in [0.25, 0.3) is 0 Å². The lowest BCUT2D eigenvalue weighted by atomic mass is 9.93. The number of carbonyl (C=O) groups is 1. The maximum atomic E-state index is 13.7. The number of carbonyl (C=O) groups excluding carboxylic acids is 1. The first-order chi connectivity index (χ1) is 16.4. The third-order valence-electron chi connectivity index (χ3n) is 6.55. The fourth-order valence-corrected chi connectivity index (χ4v) is 5.90. The summed E-state index contributed by atoms with van der Waals surface area (Å²) in [6, 6.07) is 8.11. The SMILES string of the molecule is [C-]#[N+]c1cc(S(=O)(=O)c2ccc3c(c2)nc(C(C)(C)C)n3CC2CCN(C(C)=O)CC2)ccc1F. The minimum atomic E-state index is -3.96. The Morgan fingerprint density at radius 2 is 1.77 bits per heavy atom. The number of likely N-dealkylation sites (tertiary alicyclic amines) is 1. The predicted molar refractivity (Wildman–Crippen MR) is 132 cm³/mol. The van der Waals surface area contributed by atoms with Crippen LogP contribution in [-0.2, 0) is 26.6 Å². The van der Waals surface area contributed by atoms with E-state index in [9.17, 15) is 17.6 Å². The van der Waals surface area contributed by atoms with Crippen molar-refractivity contribution in [3.05, 3.63) is 59.5 Å². The number of benzene rings is 2. The topological polar surface area (TPSA) is 76.6 Å². The molecule has 0 N–H and O–H groups in total. The predicted octanol–water partition coefficient (Wildman–Crippen LogP) is 5.11. The van der Waals surface area contributed by atoms with Gasteiger partial charge in [-0.1, -0.05) is 20.8 Å². The van der Waals surface area contributed by atoms with Crippen molar-refractivity contribution >= 4 is 32.5 Å². The van der Waals surface area contributed by atoms with Crippen LogP contribution in [0.5, 0.6) is 0 Å². The largest absolute Gasteiger partial charge is 0.343 e. The normalized spacial score (nSPS) is 15.4. The van der Waals surface area contributed by atoms with Gasteiger partial charge in [0, 0.05) is 32.0 Å². The molecule has 0 bridgehead atoms. The Hall–Kier alpha value is -3.25. The highest BCUT2D eigenvalue weighted by Crippen LogP contribution is 2.32. The van der Waals surface area contributed by atoms with Gasteiger partial charge in [-0.2, -0.15) is 0 Å². The number of fused-ring (bicyclic) bond motifs is 1. The first-order valence-corrected chi connectivity index (χ1v) is 13.1. The molecule has 0 radical (unpaired) electrons. The summed E-state index contributed by atoms with van der Waals surface area (Å²) in [6.07, 6.45) is 1.81. The monoisotopic (exact) mass is 496 g/mol. The molecule has 1 amide bonds. The lowest BCUT2D eigenvalue weighted by molar-refractivity contribution is -0.130. The zero-order valence-electron chi connectivity index (χ0n) is 20.4. The van der Waals surface area contributed by atoms with Crippen molar-refractivity contribution in [2.75, 3.05) is 13.1 Å². The first kappa shape index (κ1) is 24.9. The highest BCUT2D eigenvalue weighted by Gasteiger charge is 2.28. The standard InChI is InChI=1S/C26H29FN4O3S/c1-17(32)30-12-10-18(11-13-30)16-31-24-9-7-20(15-23(24)29-25(31)26(2,3)4)35(33,34)19-6-8-21(27)22(14-19)28-5/h6-9,14-15,18H,10-13,16H2,1-4H3. The van der Waals surface area contributed by atoms with E-state index in [0.717, 1.165) is 55.9 Å². The summed E-state index contributed by atoms with van der Waals surface area (Å²) in [5, 5.41) is 0. The first-order valence-electron chi connectivity index (χ1n) is 11.6. The fourth-order valence-electron chi connectivity index (χ4n) is 4.60. The van der Waals surface area contributed by atoms with Crippen molar-refractivity contribution < 1.29 is 17.6 Å². The van der Waals surface area contributed by atoms with Gasteiger partial charge in [0.1, 0.15) is 11.6 Å². The molecule has 0 aliphatic carbocycles. The number of amides is 1. The number of piperidine rings is 1. The van der Waals surface area contributed by atoms with Crippen LogP contribution in [0.15, 0.2) is 46.2 Å². The number of hydrogen-bond donors (Lipinski definition) is 0. The molecule has 0 spiro atoms. The number of halogens is 1. The van der Waals surface area contributed by atoms with Crippen LogP contribution >= 0.6 is 0 Å². The molecule has 2 aromatic carbocycles. The van der Waals surface area contributed by atoms with Crippen LogP contribution in [0.3, 0.4) is 0 Å². The Kier molecular flexibility index (Phi) is 6.45. The van der Waals surface area contributed by atoms with E-state index < -0.39 is 15.7 Å². The maximum Gasteiger partial charge on any atom is 0.223 e. The number of nitrogens with zero attached hydrogens (tertiary/aromatic N) is 4. The second-order valence-electron chi connectivity index (χ2n) is 10.1. The van der Waals surface area contributed by atoms with Gasteiger partial charge >= 0.3 is 0 Å². The van der Waals surface area contributed by atoms with E-state index in [0.29, 0.717) is 11.4 Å². The Balaban J connectivity index is 1.72. The lowest BCUT2D eigenvalue weighted by Crippen LogP contribution is -2.38. The number of imidazole rings is 1. The van der Waals surface area contributed by atoms with Crippen molar-refractivity contribution in [3.8, 4) is 0 Å². The summed E-state index contributed by atoms with van der Waals surface area (Å²) in [5.74, 6) is 0.606. The van der Waals surface area contributed by atoms with Gasteiger partial charge < -0.3 is 9.47 Å². The summed E-state index contributed by atoms with van der Waals surface area (Å²) in [7, 11) is -3.96. The van der Waals surface area contributed by atoms with E-state index >= 15 is 0 Å². The van der Waals surface area contributed by atoms with Crippen molar-refractivity contribution in [1.82, 2.24) is 14.5 Å². The van der Waals surface area contributed by atoms with E-state index in [2.05, 4.69) is 30.2 Å². The summed E-state index contributed by atoms with van der Waals surface area (Å²) < 4.78 is 42.4. The van der Waals surface area contributed by atoms with Crippen LogP contribution in [0.25, 0.3) is 15.9 Å². The molecule has 1 aliphatic rings. The Morgan fingerprint density at radius 1 is 1.14 bits per heavy atom. The molecule has 1 saturated heterocycles. The molecule has 0 saturated carbocycles. The van der Waals surface area contributed by atoms with E-state index in [1.165, 1.54) is 6.07 Å². The quantitative estimate of drug-likeness (QED) is 0.371. The number of aromatic nitrogens is 2. The third kappa shape index (κ3) is 4.80. The van der Waals surface area contributed by atoms with E-state index in [1.807, 2.05) is 4.90 Å². The minimum Gasteiger partial charge on any atom is -0.343 e. The molecule has 4 rings (SSSR count). The fraction of sp³-hybridized carbons (Fsp3) is 0.423. The third-order valence-corrected chi connectivity index (χ3v) is 8.30. The minimum absolute atomic E-state index is 0.0485. The molecule has 9 heteroatoms. The number of rotatable bonds is 4. The zero-order valence-corrected chi connectivity index (χ0v) is 21.2. The smallest absolute Gasteiger partial charge is 0.223 e. The summed E-state index contributed by atoms with van der Waals surface area (Å²) in [5.41, 5.74) is 0.829.